The van der Waals surface area contributed by atoms with Gasteiger partial charge < -0.3 is 5.32 Å². The fraction of sp³-hybridized carbons (Fsp3) is 0.190. The van der Waals surface area contributed by atoms with E-state index in [0.717, 1.165) is 17.7 Å². The molecule has 28 heavy (non-hydrogen) atoms. The van der Waals surface area contributed by atoms with Gasteiger partial charge in [0.15, 0.2) is 0 Å². The Kier molecular flexibility index (Phi) is 6.90. The minimum Gasteiger partial charge on any atom is -0.352 e. The molecule has 1 N–H and O–H groups in total. The van der Waals surface area contributed by atoms with Crippen LogP contribution in [0.25, 0.3) is 5.69 Å². The highest BCUT2D eigenvalue weighted by molar-refractivity contribution is 7.99. The summed E-state index contributed by atoms with van der Waals surface area (Å²) >= 11 is 7.35. The summed E-state index contributed by atoms with van der Waals surface area (Å²) in [6.07, 6.45) is 1.97. The van der Waals surface area contributed by atoms with Crippen molar-refractivity contribution in [3.05, 3.63) is 81.6 Å². The zero-order valence-corrected chi connectivity index (χ0v) is 17.0. The lowest BCUT2D eigenvalue weighted by atomic mass is 10.2. The van der Waals surface area contributed by atoms with Crippen LogP contribution in [0.4, 0.5) is 0 Å². The fourth-order valence-electron chi connectivity index (χ4n) is 2.49. The average molecular weight is 414 g/mol. The van der Waals surface area contributed by atoms with Crippen LogP contribution in [0, 0.1) is 0 Å². The highest BCUT2D eigenvalue weighted by Gasteiger charge is 2.08. The van der Waals surface area contributed by atoms with Gasteiger partial charge in [-0.2, -0.15) is 9.78 Å². The van der Waals surface area contributed by atoms with E-state index in [0.29, 0.717) is 27.8 Å². The Morgan fingerprint density at radius 1 is 1.07 bits per heavy atom. The Morgan fingerprint density at radius 3 is 2.46 bits per heavy atom. The van der Waals surface area contributed by atoms with Gasteiger partial charge in [-0.3, -0.25) is 9.59 Å². The Bertz CT molecular complexity index is 1000. The molecule has 0 bridgehead atoms. The summed E-state index contributed by atoms with van der Waals surface area (Å²) < 4.78 is 1.33. The minimum absolute atomic E-state index is 0.118. The predicted molar refractivity (Wildman–Crippen MR) is 113 cm³/mol. The maximum absolute atomic E-state index is 12.3. The van der Waals surface area contributed by atoms with Crippen molar-refractivity contribution in [2.45, 2.75) is 29.7 Å². The van der Waals surface area contributed by atoms with Crippen LogP contribution in [0.15, 0.2) is 75.4 Å². The van der Waals surface area contributed by atoms with Crippen LogP contribution in [-0.4, -0.2) is 22.2 Å². The number of hydrogen-bond donors (Lipinski definition) is 1. The molecule has 1 aromatic heterocycles. The molecular formula is C21H20ClN3O2S. The number of nitrogens with one attached hydrogen (secondary N) is 1. The van der Waals surface area contributed by atoms with Crippen molar-refractivity contribution >= 4 is 29.3 Å². The molecule has 2 aromatic carbocycles. The van der Waals surface area contributed by atoms with Crippen molar-refractivity contribution in [2.75, 3.05) is 6.54 Å². The van der Waals surface area contributed by atoms with E-state index in [9.17, 15) is 9.59 Å². The number of amides is 1. The Balaban J connectivity index is 1.78. The second kappa shape index (κ2) is 9.57. The van der Waals surface area contributed by atoms with Crippen molar-refractivity contribution in [1.82, 2.24) is 15.1 Å². The molecule has 0 atom stereocenters. The lowest BCUT2D eigenvalue weighted by molar-refractivity contribution is 0.0953. The maximum Gasteiger partial charge on any atom is 0.271 e. The van der Waals surface area contributed by atoms with Crippen LogP contribution in [0.2, 0.25) is 5.02 Å². The lowest BCUT2D eigenvalue weighted by Crippen LogP contribution is -2.24. The highest BCUT2D eigenvalue weighted by Crippen LogP contribution is 2.26. The van der Waals surface area contributed by atoms with Gasteiger partial charge in [-0.1, -0.05) is 36.7 Å². The topological polar surface area (TPSA) is 64.0 Å². The van der Waals surface area contributed by atoms with Crippen LogP contribution in [0.5, 0.6) is 0 Å². The first kappa shape index (κ1) is 20.2. The van der Waals surface area contributed by atoms with Crippen LogP contribution in [-0.2, 0) is 0 Å². The fourth-order valence-corrected chi connectivity index (χ4v) is 3.39. The van der Waals surface area contributed by atoms with Crippen LogP contribution in [0.1, 0.15) is 30.1 Å². The molecule has 0 fully saturated rings. The summed E-state index contributed by atoms with van der Waals surface area (Å²) in [4.78, 5) is 25.3. The third kappa shape index (κ3) is 5.24. The monoisotopic (exact) mass is 413 g/mol. The summed E-state index contributed by atoms with van der Waals surface area (Å²) in [5, 5.41) is 8.66. The van der Waals surface area contributed by atoms with E-state index in [1.807, 2.05) is 24.3 Å². The van der Waals surface area contributed by atoms with E-state index in [2.05, 4.69) is 17.3 Å². The molecule has 0 unspecified atom stereocenters. The number of rotatable bonds is 7. The molecule has 3 rings (SSSR count). The predicted octanol–water partition coefficient (Wildman–Crippen LogP) is 4.57. The van der Waals surface area contributed by atoms with Crippen molar-refractivity contribution < 1.29 is 4.79 Å². The van der Waals surface area contributed by atoms with E-state index in [1.54, 1.807) is 30.3 Å². The van der Waals surface area contributed by atoms with Crippen molar-refractivity contribution in [3.8, 4) is 5.69 Å². The number of carbonyl (C=O) groups excluding carboxylic acids is 1. The van der Waals surface area contributed by atoms with Gasteiger partial charge in [0.1, 0.15) is 5.03 Å². The molecule has 0 aliphatic rings. The summed E-state index contributed by atoms with van der Waals surface area (Å²) in [7, 11) is 0. The van der Waals surface area contributed by atoms with Crippen molar-refractivity contribution in [3.63, 3.8) is 0 Å². The van der Waals surface area contributed by atoms with Crippen molar-refractivity contribution in [2.24, 2.45) is 0 Å². The lowest BCUT2D eigenvalue weighted by Gasteiger charge is -2.08. The molecule has 5 nitrogen and oxygen atoms in total. The number of aromatic nitrogens is 2. The van der Waals surface area contributed by atoms with E-state index in [1.165, 1.54) is 22.5 Å². The highest BCUT2D eigenvalue weighted by atomic mass is 35.5. The SMILES string of the molecule is CCCCNC(=O)c1ccc(-n2nc(Sc3ccc(Cl)cc3)ccc2=O)cc1. The minimum atomic E-state index is -0.236. The zero-order valence-electron chi connectivity index (χ0n) is 15.4. The van der Waals surface area contributed by atoms with Gasteiger partial charge in [0.2, 0.25) is 0 Å². The molecule has 1 heterocycles. The van der Waals surface area contributed by atoms with E-state index < -0.39 is 0 Å². The number of benzene rings is 2. The first-order valence-electron chi connectivity index (χ1n) is 8.99. The molecule has 7 heteroatoms. The molecule has 0 aliphatic carbocycles. The summed E-state index contributed by atoms with van der Waals surface area (Å²) in [5.41, 5.74) is 0.925. The molecule has 0 radical (unpaired) electrons. The van der Waals surface area contributed by atoms with Gasteiger partial charge in [0.25, 0.3) is 11.5 Å². The summed E-state index contributed by atoms with van der Waals surface area (Å²) in [6.45, 7) is 2.73. The third-order valence-electron chi connectivity index (χ3n) is 4.00. The van der Waals surface area contributed by atoms with E-state index in [-0.39, 0.29) is 11.5 Å². The second-order valence-corrected chi connectivity index (χ2v) is 7.66. The second-order valence-electron chi connectivity index (χ2n) is 6.13. The van der Waals surface area contributed by atoms with Crippen molar-refractivity contribution in [1.29, 1.82) is 0 Å². The largest absolute Gasteiger partial charge is 0.352 e. The first-order chi connectivity index (χ1) is 13.6. The Labute approximate surface area is 172 Å². The van der Waals surface area contributed by atoms with Gasteiger partial charge >= 0.3 is 0 Å². The van der Waals surface area contributed by atoms with Crippen LogP contribution < -0.4 is 10.9 Å². The number of halogens is 1. The molecule has 0 spiro atoms. The quantitative estimate of drug-likeness (QED) is 0.576. The molecule has 144 valence electrons. The van der Waals surface area contributed by atoms with Gasteiger partial charge in [-0.25, -0.2) is 0 Å². The van der Waals surface area contributed by atoms with E-state index in [4.69, 9.17) is 11.6 Å². The molecule has 0 saturated carbocycles. The molecule has 0 saturated heterocycles. The third-order valence-corrected chi connectivity index (χ3v) is 5.19. The van der Waals surface area contributed by atoms with Gasteiger partial charge in [-0.15, -0.1) is 0 Å². The maximum atomic E-state index is 12.3. The van der Waals surface area contributed by atoms with Crippen LogP contribution >= 0.6 is 23.4 Å². The molecule has 3 aromatic rings. The number of hydrogen-bond acceptors (Lipinski definition) is 4. The normalized spacial score (nSPS) is 10.6. The number of carbonyl (C=O) groups is 1. The zero-order chi connectivity index (χ0) is 19.9. The average Bonchev–Trinajstić information content (AvgIpc) is 2.71. The molecule has 1 amide bonds. The Morgan fingerprint density at radius 2 is 1.79 bits per heavy atom. The number of unbranched alkanes of at least 4 members (excludes halogenated alkanes) is 1. The van der Waals surface area contributed by atoms with Crippen LogP contribution in [0.3, 0.4) is 0 Å². The summed E-state index contributed by atoms with van der Waals surface area (Å²) in [6, 6.07) is 17.4. The van der Waals surface area contributed by atoms with Gasteiger partial charge in [-0.05, 0) is 61.0 Å². The Hall–Kier alpha value is -2.57. The van der Waals surface area contributed by atoms with Gasteiger partial charge in [0, 0.05) is 28.1 Å². The standard InChI is InChI=1S/C21H20ClN3O2S/c1-2-3-14-23-21(27)15-4-8-17(9-5-15)25-20(26)13-12-19(24-25)28-18-10-6-16(22)7-11-18/h4-13H,2-3,14H2,1H3,(H,23,27). The molecular weight excluding hydrogens is 394 g/mol. The van der Waals surface area contributed by atoms with E-state index >= 15 is 0 Å². The molecule has 0 aliphatic heterocycles. The first-order valence-corrected chi connectivity index (χ1v) is 10.2. The van der Waals surface area contributed by atoms with Gasteiger partial charge in [0.05, 0.1) is 5.69 Å². The smallest absolute Gasteiger partial charge is 0.271 e. The summed E-state index contributed by atoms with van der Waals surface area (Å²) in [5.74, 6) is -0.118. The number of nitrogens with zero attached hydrogens (tertiary/aromatic N) is 2.